The van der Waals surface area contributed by atoms with Crippen LogP contribution >= 0.6 is 0 Å². The molecule has 0 spiro atoms. The first-order chi connectivity index (χ1) is 18.6. The summed E-state index contributed by atoms with van der Waals surface area (Å²) >= 11 is 0. The number of carbonyl (C=O) groups excluding carboxylic acids is 4. The molecule has 1 aliphatic carbocycles. The lowest BCUT2D eigenvalue weighted by atomic mass is 9.76. The number of nitrogens with zero attached hydrogens (tertiary/aromatic N) is 3. The van der Waals surface area contributed by atoms with Gasteiger partial charge < -0.3 is 14.4 Å². The second-order valence-electron chi connectivity index (χ2n) is 10.5. The Hall–Kier alpha value is -4.28. The molecule has 11 heteroatoms. The van der Waals surface area contributed by atoms with Gasteiger partial charge in [-0.15, -0.1) is 0 Å². The van der Waals surface area contributed by atoms with Crippen molar-refractivity contribution < 1.29 is 33.6 Å². The molecular formula is C28H29N3O8. The number of hydrogen-bond acceptors (Lipinski definition) is 8. The molecule has 2 saturated heterocycles. The maximum absolute atomic E-state index is 13.1. The van der Waals surface area contributed by atoms with E-state index in [4.69, 9.17) is 9.47 Å². The van der Waals surface area contributed by atoms with E-state index in [1.165, 1.54) is 35.1 Å². The van der Waals surface area contributed by atoms with E-state index in [1.54, 1.807) is 25.1 Å². The van der Waals surface area contributed by atoms with Crippen LogP contribution < -0.4 is 19.3 Å². The Labute approximate surface area is 224 Å². The maximum atomic E-state index is 13.1. The van der Waals surface area contributed by atoms with E-state index in [0.717, 1.165) is 6.42 Å². The topological polar surface area (TPSA) is 136 Å². The molecule has 0 N–H and O–H groups in total. The minimum atomic E-state index is -0.760. The molecule has 0 bridgehead atoms. The van der Waals surface area contributed by atoms with E-state index < -0.39 is 16.8 Å². The van der Waals surface area contributed by atoms with Crippen LogP contribution in [0, 0.1) is 40.7 Å². The second-order valence-corrected chi connectivity index (χ2v) is 10.5. The molecule has 3 aliphatic rings. The highest BCUT2D eigenvalue weighted by Crippen LogP contribution is 2.43. The number of fused-ring (bicyclic) bond motifs is 1. The second kappa shape index (κ2) is 10.1. The fourth-order valence-corrected chi connectivity index (χ4v) is 5.87. The monoisotopic (exact) mass is 535 g/mol. The summed E-state index contributed by atoms with van der Waals surface area (Å²) in [6.07, 6.45) is 2.27. The van der Waals surface area contributed by atoms with Gasteiger partial charge >= 0.3 is 5.97 Å². The lowest BCUT2D eigenvalue weighted by molar-refractivity contribution is -0.384. The fourth-order valence-electron chi connectivity index (χ4n) is 5.87. The average molecular weight is 536 g/mol. The van der Waals surface area contributed by atoms with Crippen molar-refractivity contribution in [3.8, 4) is 11.5 Å². The predicted octanol–water partition coefficient (Wildman–Crippen LogP) is 3.80. The summed E-state index contributed by atoms with van der Waals surface area (Å²) in [5.74, 6) is -1.80. The molecule has 204 valence electrons. The number of esters is 1. The summed E-state index contributed by atoms with van der Waals surface area (Å²) in [6.45, 7) is 3.88. The number of ether oxygens (including phenoxy) is 2. The first-order valence-electron chi connectivity index (χ1n) is 12.9. The summed E-state index contributed by atoms with van der Waals surface area (Å²) in [7, 11) is 1.35. The molecule has 1 saturated carbocycles. The largest absolute Gasteiger partial charge is 0.494 e. The zero-order valence-corrected chi connectivity index (χ0v) is 21.9. The Bertz CT molecular complexity index is 1390. The van der Waals surface area contributed by atoms with Gasteiger partial charge in [-0.1, -0.05) is 6.92 Å². The molecular weight excluding hydrogens is 506 g/mol. The van der Waals surface area contributed by atoms with Gasteiger partial charge in [0, 0.05) is 19.0 Å². The van der Waals surface area contributed by atoms with Crippen molar-refractivity contribution in [1.29, 1.82) is 0 Å². The minimum Gasteiger partial charge on any atom is -0.494 e. The first-order valence-corrected chi connectivity index (χ1v) is 12.9. The molecule has 0 radical (unpaired) electrons. The molecule has 3 fully saturated rings. The van der Waals surface area contributed by atoms with Gasteiger partial charge in [0.05, 0.1) is 47.2 Å². The molecule has 2 aromatic rings. The Balaban J connectivity index is 1.28. The average Bonchev–Trinajstić information content (AvgIpc) is 3.40. The Morgan fingerprint density at radius 1 is 1.03 bits per heavy atom. The highest BCUT2D eigenvalue weighted by Gasteiger charge is 2.50. The molecule has 4 atom stereocenters. The molecule has 5 rings (SSSR count). The zero-order chi connectivity index (χ0) is 28.0. The molecule has 3 amide bonds. The lowest BCUT2D eigenvalue weighted by Crippen LogP contribution is -2.31. The van der Waals surface area contributed by atoms with E-state index in [2.05, 4.69) is 6.92 Å². The van der Waals surface area contributed by atoms with Crippen molar-refractivity contribution in [2.45, 2.75) is 39.5 Å². The minimum absolute atomic E-state index is 0.0287. The van der Waals surface area contributed by atoms with Crippen LogP contribution in [-0.2, 0) is 19.2 Å². The number of aryl methyl sites for hydroxylation is 1. The van der Waals surface area contributed by atoms with Crippen molar-refractivity contribution in [2.24, 2.45) is 23.7 Å². The molecule has 2 aliphatic heterocycles. The number of hydrogen-bond donors (Lipinski definition) is 0. The predicted molar refractivity (Wildman–Crippen MR) is 139 cm³/mol. The zero-order valence-electron chi connectivity index (χ0n) is 21.9. The Morgan fingerprint density at radius 3 is 2.44 bits per heavy atom. The van der Waals surface area contributed by atoms with Gasteiger partial charge in [-0.2, -0.15) is 0 Å². The number of methoxy groups -OCH3 is 1. The van der Waals surface area contributed by atoms with Gasteiger partial charge in [0.2, 0.25) is 17.7 Å². The summed E-state index contributed by atoms with van der Waals surface area (Å²) in [4.78, 5) is 65.0. The van der Waals surface area contributed by atoms with Crippen LogP contribution in [0.2, 0.25) is 0 Å². The first kappa shape index (κ1) is 26.3. The number of anilines is 2. The standard InChI is InChI=1S/C28H29N3O8/c1-15-4-7-20-21(10-15)27(34)30(26(20)33)22-9-6-19(11-16(22)2)39-28(35)17-12-25(32)29(14-17)23-8-5-18(31(36)37)13-24(23)38-3/h5-6,8-9,11,13,15,17,20-21H,4,7,10,12,14H2,1-3H3/t15-,17+,20+,21-/m0/s1. The smallest absolute Gasteiger partial charge is 0.316 e. The van der Waals surface area contributed by atoms with Gasteiger partial charge in [0.1, 0.15) is 11.5 Å². The quantitative estimate of drug-likeness (QED) is 0.179. The van der Waals surface area contributed by atoms with Crippen molar-refractivity contribution in [1.82, 2.24) is 0 Å². The number of amides is 3. The molecule has 11 nitrogen and oxygen atoms in total. The van der Waals surface area contributed by atoms with Crippen molar-refractivity contribution in [3.63, 3.8) is 0 Å². The van der Waals surface area contributed by atoms with Crippen molar-refractivity contribution >= 4 is 40.8 Å². The number of non-ortho nitro benzene ring substituents is 1. The van der Waals surface area contributed by atoms with Gasteiger partial charge in [0.15, 0.2) is 0 Å². The van der Waals surface area contributed by atoms with Crippen LogP contribution in [-0.4, -0.2) is 42.3 Å². The number of imide groups is 1. The summed E-state index contributed by atoms with van der Waals surface area (Å²) in [5.41, 5.74) is 1.26. The van der Waals surface area contributed by atoms with E-state index >= 15 is 0 Å². The number of nitro benzene ring substituents is 1. The van der Waals surface area contributed by atoms with Gasteiger partial charge in [-0.05, 0) is 61.9 Å². The van der Waals surface area contributed by atoms with Crippen LogP contribution in [0.15, 0.2) is 36.4 Å². The Kier molecular flexibility index (Phi) is 6.83. The van der Waals surface area contributed by atoms with Crippen LogP contribution in [0.4, 0.5) is 17.1 Å². The van der Waals surface area contributed by atoms with E-state index in [0.29, 0.717) is 35.7 Å². The molecule has 39 heavy (non-hydrogen) atoms. The van der Waals surface area contributed by atoms with E-state index in [1.807, 2.05) is 0 Å². The van der Waals surface area contributed by atoms with Crippen LogP contribution in [0.5, 0.6) is 11.5 Å². The molecule has 0 aromatic heterocycles. The summed E-state index contributed by atoms with van der Waals surface area (Å²) in [5, 5.41) is 11.1. The van der Waals surface area contributed by atoms with Crippen molar-refractivity contribution in [3.05, 3.63) is 52.1 Å². The Morgan fingerprint density at radius 2 is 1.74 bits per heavy atom. The number of benzene rings is 2. The SMILES string of the molecule is COc1cc([N+](=O)[O-])ccc1N1C[C@H](C(=O)Oc2ccc(N3C(=O)[C@H]4C[C@@H](C)CC[C@H]4C3=O)c(C)c2)CC1=O. The third-order valence-electron chi connectivity index (χ3n) is 7.94. The van der Waals surface area contributed by atoms with Crippen LogP contribution in [0.3, 0.4) is 0 Å². The highest BCUT2D eigenvalue weighted by atomic mass is 16.6. The lowest BCUT2D eigenvalue weighted by Gasteiger charge is -2.25. The van der Waals surface area contributed by atoms with Gasteiger partial charge in [0.25, 0.3) is 5.69 Å². The van der Waals surface area contributed by atoms with Crippen molar-refractivity contribution in [2.75, 3.05) is 23.5 Å². The normalized spacial score (nSPS) is 24.6. The summed E-state index contributed by atoms with van der Waals surface area (Å²) in [6, 6.07) is 8.67. The van der Waals surface area contributed by atoms with Gasteiger partial charge in [-0.25, -0.2) is 4.90 Å². The van der Waals surface area contributed by atoms with Crippen LogP contribution in [0.25, 0.3) is 0 Å². The summed E-state index contributed by atoms with van der Waals surface area (Å²) < 4.78 is 10.8. The number of rotatable bonds is 6. The van der Waals surface area contributed by atoms with E-state index in [9.17, 15) is 29.3 Å². The number of nitro groups is 1. The maximum Gasteiger partial charge on any atom is 0.316 e. The molecule has 0 unspecified atom stereocenters. The number of carbonyl (C=O) groups is 4. The molecule has 2 heterocycles. The fraction of sp³-hybridized carbons (Fsp3) is 0.429. The van der Waals surface area contributed by atoms with Gasteiger partial charge in [-0.3, -0.25) is 29.3 Å². The van der Waals surface area contributed by atoms with E-state index in [-0.39, 0.29) is 59.7 Å². The molecule has 2 aromatic carbocycles. The highest BCUT2D eigenvalue weighted by molar-refractivity contribution is 6.22. The third-order valence-corrected chi connectivity index (χ3v) is 7.94. The third kappa shape index (κ3) is 4.73. The van der Waals surface area contributed by atoms with Crippen LogP contribution in [0.1, 0.15) is 38.2 Å².